The molecule has 0 saturated carbocycles. The molecule has 34 heavy (non-hydrogen) atoms. The topological polar surface area (TPSA) is 97.0 Å². The summed E-state index contributed by atoms with van der Waals surface area (Å²) in [7, 11) is 1.61. The molecule has 5 rings (SSSR count). The molecule has 8 nitrogen and oxygen atoms in total. The predicted octanol–water partition coefficient (Wildman–Crippen LogP) is 4.35. The molecule has 3 aromatic carbocycles. The van der Waals surface area contributed by atoms with Crippen molar-refractivity contribution < 1.29 is 19.0 Å². The SMILES string of the molecule is COc1cccc(NC(=NCCc2c[nH]c3ccccc23)NC(=O)c2ccc3c(c2)OCO3)c1. The third-order valence-electron chi connectivity index (χ3n) is 5.53. The van der Waals surface area contributed by atoms with Crippen LogP contribution < -0.4 is 24.8 Å². The molecule has 0 saturated heterocycles. The van der Waals surface area contributed by atoms with Crippen molar-refractivity contribution in [1.82, 2.24) is 10.3 Å². The molecular weight excluding hydrogens is 432 g/mol. The van der Waals surface area contributed by atoms with Gasteiger partial charge in [0, 0.05) is 41.0 Å². The Kier molecular flexibility index (Phi) is 6.03. The Balaban J connectivity index is 1.35. The van der Waals surface area contributed by atoms with Gasteiger partial charge in [-0.25, -0.2) is 0 Å². The number of amides is 1. The molecule has 2 heterocycles. The molecule has 8 heteroatoms. The summed E-state index contributed by atoms with van der Waals surface area (Å²) in [6.45, 7) is 0.633. The van der Waals surface area contributed by atoms with Gasteiger partial charge in [-0.1, -0.05) is 24.3 Å². The summed E-state index contributed by atoms with van der Waals surface area (Å²) in [6, 6.07) is 20.7. The van der Waals surface area contributed by atoms with E-state index in [0.29, 0.717) is 41.7 Å². The molecule has 0 unspecified atom stereocenters. The second-order valence-corrected chi connectivity index (χ2v) is 7.72. The number of aliphatic imine (C=N–C) groups is 1. The van der Waals surface area contributed by atoms with Gasteiger partial charge in [0.1, 0.15) is 5.75 Å². The number of aromatic amines is 1. The molecule has 0 fully saturated rings. The number of ether oxygens (including phenoxy) is 3. The summed E-state index contributed by atoms with van der Waals surface area (Å²) < 4.78 is 16.0. The molecule has 0 radical (unpaired) electrons. The van der Waals surface area contributed by atoms with Crippen LogP contribution in [-0.4, -0.2) is 37.3 Å². The number of para-hydroxylation sites is 1. The van der Waals surface area contributed by atoms with Crippen molar-refractivity contribution >= 4 is 28.5 Å². The standard InChI is InChI=1S/C26H24N4O4/c1-32-20-6-4-5-19(14-20)29-26(27-12-11-18-15-28-22-8-3-2-7-21(18)22)30-25(31)17-9-10-23-24(13-17)34-16-33-23/h2-10,13-15,28H,11-12,16H2,1H3,(H2,27,29,30,31). The zero-order valence-corrected chi connectivity index (χ0v) is 18.6. The van der Waals surface area contributed by atoms with Gasteiger partial charge in [0.25, 0.3) is 5.91 Å². The van der Waals surface area contributed by atoms with Crippen molar-refractivity contribution in [2.75, 3.05) is 25.8 Å². The molecule has 172 valence electrons. The van der Waals surface area contributed by atoms with E-state index in [2.05, 4.69) is 26.7 Å². The first-order valence-electron chi connectivity index (χ1n) is 10.9. The Morgan fingerprint density at radius 3 is 2.85 bits per heavy atom. The van der Waals surface area contributed by atoms with Gasteiger partial charge >= 0.3 is 0 Å². The first-order valence-corrected chi connectivity index (χ1v) is 10.9. The molecule has 1 aromatic heterocycles. The molecule has 1 aliphatic rings. The Hall–Kier alpha value is -4.46. The average molecular weight is 457 g/mol. The highest BCUT2D eigenvalue weighted by molar-refractivity contribution is 6.10. The van der Waals surface area contributed by atoms with Crippen molar-refractivity contribution in [3.63, 3.8) is 0 Å². The van der Waals surface area contributed by atoms with Gasteiger partial charge in [-0.05, 0) is 48.4 Å². The Morgan fingerprint density at radius 2 is 1.94 bits per heavy atom. The molecule has 1 aliphatic heterocycles. The van der Waals surface area contributed by atoms with Gasteiger partial charge in [-0.15, -0.1) is 0 Å². The number of rotatable bonds is 6. The van der Waals surface area contributed by atoms with E-state index in [4.69, 9.17) is 14.2 Å². The van der Waals surface area contributed by atoms with E-state index in [1.54, 1.807) is 25.3 Å². The summed E-state index contributed by atoms with van der Waals surface area (Å²) in [6.07, 6.45) is 2.72. The summed E-state index contributed by atoms with van der Waals surface area (Å²) in [5.74, 6) is 1.91. The van der Waals surface area contributed by atoms with Crippen LogP contribution in [0.3, 0.4) is 0 Å². The number of anilines is 1. The van der Waals surface area contributed by atoms with Crippen LogP contribution in [-0.2, 0) is 6.42 Å². The van der Waals surface area contributed by atoms with Crippen LogP contribution in [0.25, 0.3) is 10.9 Å². The van der Waals surface area contributed by atoms with Crippen molar-refractivity contribution in [3.8, 4) is 17.2 Å². The number of benzene rings is 3. The molecule has 0 bridgehead atoms. The minimum Gasteiger partial charge on any atom is -0.497 e. The van der Waals surface area contributed by atoms with Gasteiger partial charge < -0.3 is 24.5 Å². The zero-order valence-electron chi connectivity index (χ0n) is 18.6. The first kappa shape index (κ1) is 21.4. The third-order valence-corrected chi connectivity index (χ3v) is 5.53. The van der Waals surface area contributed by atoms with Crippen LogP contribution >= 0.6 is 0 Å². The largest absolute Gasteiger partial charge is 0.497 e. The number of H-pyrrole nitrogens is 1. The fraction of sp³-hybridized carbons (Fsp3) is 0.154. The normalized spacial score (nSPS) is 12.6. The second-order valence-electron chi connectivity index (χ2n) is 7.72. The van der Waals surface area contributed by atoms with Crippen LogP contribution in [0.15, 0.2) is 77.9 Å². The lowest BCUT2D eigenvalue weighted by Gasteiger charge is -2.13. The zero-order chi connectivity index (χ0) is 23.3. The fourth-order valence-electron chi connectivity index (χ4n) is 3.79. The van der Waals surface area contributed by atoms with Crippen molar-refractivity contribution in [2.24, 2.45) is 4.99 Å². The third kappa shape index (κ3) is 4.66. The lowest BCUT2D eigenvalue weighted by atomic mass is 10.1. The van der Waals surface area contributed by atoms with Crippen LogP contribution in [0.4, 0.5) is 5.69 Å². The smallest absolute Gasteiger partial charge is 0.258 e. The molecule has 0 spiro atoms. The van der Waals surface area contributed by atoms with Gasteiger partial charge in [0.05, 0.1) is 7.11 Å². The average Bonchev–Trinajstić information content (AvgIpc) is 3.50. The van der Waals surface area contributed by atoms with E-state index in [0.717, 1.165) is 11.2 Å². The minimum atomic E-state index is -0.306. The molecular formula is C26H24N4O4. The van der Waals surface area contributed by atoms with E-state index in [1.165, 1.54) is 10.9 Å². The molecule has 0 aliphatic carbocycles. The summed E-state index contributed by atoms with van der Waals surface area (Å²) in [5.41, 5.74) is 3.45. The molecule has 0 atom stereocenters. The fourth-order valence-corrected chi connectivity index (χ4v) is 3.79. The molecule has 1 amide bonds. The summed E-state index contributed by atoms with van der Waals surface area (Å²) in [4.78, 5) is 20.9. The van der Waals surface area contributed by atoms with E-state index < -0.39 is 0 Å². The van der Waals surface area contributed by atoms with E-state index in [-0.39, 0.29) is 12.7 Å². The highest BCUT2D eigenvalue weighted by Gasteiger charge is 2.17. The van der Waals surface area contributed by atoms with E-state index in [1.807, 2.05) is 48.7 Å². The number of carbonyl (C=O) groups is 1. The van der Waals surface area contributed by atoms with Crippen molar-refractivity contribution in [3.05, 3.63) is 84.1 Å². The first-order chi connectivity index (χ1) is 16.7. The number of carbonyl (C=O) groups excluding carboxylic acids is 1. The summed E-state index contributed by atoms with van der Waals surface area (Å²) in [5, 5.41) is 7.25. The number of nitrogens with one attached hydrogen (secondary N) is 3. The maximum atomic E-state index is 13.0. The van der Waals surface area contributed by atoms with E-state index in [9.17, 15) is 4.79 Å². The van der Waals surface area contributed by atoms with Crippen LogP contribution in [0.2, 0.25) is 0 Å². The highest BCUT2D eigenvalue weighted by atomic mass is 16.7. The lowest BCUT2D eigenvalue weighted by Crippen LogP contribution is -2.36. The monoisotopic (exact) mass is 456 g/mol. The lowest BCUT2D eigenvalue weighted by molar-refractivity contribution is 0.0976. The minimum absolute atomic E-state index is 0.151. The summed E-state index contributed by atoms with van der Waals surface area (Å²) >= 11 is 0. The number of aromatic nitrogens is 1. The number of hydrogen-bond acceptors (Lipinski definition) is 5. The number of guanidine groups is 1. The van der Waals surface area contributed by atoms with Gasteiger partial charge in [-0.3, -0.25) is 15.1 Å². The van der Waals surface area contributed by atoms with Crippen molar-refractivity contribution in [1.29, 1.82) is 0 Å². The number of hydrogen-bond donors (Lipinski definition) is 3. The van der Waals surface area contributed by atoms with Crippen LogP contribution in [0.5, 0.6) is 17.2 Å². The quantitative estimate of drug-likeness (QED) is 0.296. The maximum Gasteiger partial charge on any atom is 0.258 e. The highest BCUT2D eigenvalue weighted by Crippen LogP contribution is 2.32. The number of methoxy groups -OCH3 is 1. The Morgan fingerprint density at radius 1 is 1.06 bits per heavy atom. The van der Waals surface area contributed by atoms with Crippen molar-refractivity contribution in [2.45, 2.75) is 6.42 Å². The number of fused-ring (bicyclic) bond motifs is 2. The predicted molar refractivity (Wildman–Crippen MR) is 131 cm³/mol. The molecule has 4 aromatic rings. The van der Waals surface area contributed by atoms with Gasteiger partial charge in [0.15, 0.2) is 11.5 Å². The second kappa shape index (κ2) is 9.58. The van der Waals surface area contributed by atoms with Gasteiger partial charge in [0.2, 0.25) is 12.8 Å². The molecule has 3 N–H and O–H groups in total. The maximum absolute atomic E-state index is 13.0. The van der Waals surface area contributed by atoms with Crippen LogP contribution in [0.1, 0.15) is 15.9 Å². The van der Waals surface area contributed by atoms with Gasteiger partial charge in [-0.2, -0.15) is 0 Å². The number of nitrogens with zero attached hydrogens (tertiary/aromatic N) is 1. The van der Waals surface area contributed by atoms with E-state index >= 15 is 0 Å². The Labute approximate surface area is 196 Å². The Bertz CT molecular complexity index is 1360. The van der Waals surface area contributed by atoms with Crippen LogP contribution in [0, 0.1) is 0 Å².